The van der Waals surface area contributed by atoms with Crippen LogP contribution in [0, 0.1) is 0 Å². The maximum absolute atomic E-state index is 7.03. The molecule has 0 atom stereocenters. The highest BCUT2D eigenvalue weighted by molar-refractivity contribution is 6.29. The summed E-state index contributed by atoms with van der Waals surface area (Å²) in [5.41, 5.74) is 42.8. The molecule has 2 aliphatic carbocycles. The number of anilines is 6. The fraction of sp³-hybridized carbons (Fsp3) is 0.0294. The molecule has 0 unspecified atom stereocenters. The first-order chi connectivity index (χ1) is 70.2. The maximum atomic E-state index is 7.03. The molecule has 26 aromatic rings. The Labute approximate surface area is 823 Å². The van der Waals surface area contributed by atoms with E-state index in [1.54, 1.807) is 0 Å². The number of benzene rings is 22. The number of nitrogens with zero attached hydrogens (tertiary/aromatic N) is 4. The molecule has 0 radical (unpaired) electrons. The zero-order chi connectivity index (χ0) is 94.1. The van der Waals surface area contributed by atoms with E-state index in [1.165, 1.54) is 122 Å². The highest BCUT2D eigenvalue weighted by atomic mass is 16.3. The second kappa shape index (κ2) is 33.8. The van der Waals surface area contributed by atoms with Crippen LogP contribution in [-0.4, -0.2) is 9.13 Å². The summed E-state index contributed by atoms with van der Waals surface area (Å²) in [7, 11) is 0. The molecule has 22 aromatic carbocycles. The first kappa shape index (κ1) is 83.0. The number of aromatic nitrogens is 2. The predicted molar refractivity (Wildman–Crippen MR) is 593 cm³/mol. The number of rotatable bonds is 16. The molecular formula is C136H92N4O2. The number of furan rings is 2. The lowest BCUT2D eigenvalue weighted by Gasteiger charge is -2.35. The van der Waals surface area contributed by atoms with Crippen LogP contribution in [0.15, 0.2) is 531 Å². The Morgan fingerprint density at radius 3 is 0.923 bits per heavy atom. The lowest BCUT2D eigenvalue weighted by atomic mass is 9.67. The Bertz CT molecular complexity index is 9350. The minimum atomic E-state index is -0.540. The van der Waals surface area contributed by atoms with Crippen molar-refractivity contribution in [3.05, 3.63) is 555 Å². The van der Waals surface area contributed by atoms with Gasteiger partial charge in [-0.1, -0.05) is 402 Å². The highest BCUT2D eigenvalue weighted by Crippen LogP contribution is 2.59. The monoisotopic (exact) mass is 1810 g/mol. The summed E-state index contributed by atoms with van der Waals surface area (Å²) in [5.74, 6) is 0. The van der Waals surface area contributed by atoms with Gasteiger partial charge in [0.05, 0.1) is 38.3 Å². The van der Waals surface area contributed by atoms with Crippen molar-refractivity contribution in [2.75, 3.05) is 9.80 Å². The van der Waals surface area contributed by atoms with Gasteiger partial charge in [0.1, 0.15) is 22.3 Å². The Hall–Kier alpha value is -18.4. The van der Waals surface area contributed by atoms with E-state index in [1.807, 2.05) is 0 Å². The molecule has 0 amide bonds. The molecular weight excluding hydrogens is 1720 g/mol. The van der Waals surface area contributed by atoms with Crippen LogP contribution >= 0.6 is 0 Å². The standard InChI is InChI=1S/C73H48N2O.C63H44N2O/c1-5-20-49(21-6-1)51-36-40-56(41-37-51)74(59-44-45-61-60-30-13-16-33-66(60)73(67(61)47-59,54-25-9-3-10-26-54)55-27-11-4-12-28-55)57-42-38-52(39-43-57)64-48-65-62-31-14-17-34-68(62)75(58-29-19-24-53(46-58)50-22-7-2-8-23-50)71(65)70-63-32-15-18-35-69(63)76-72(64)70;1-63(2)56-25-12-9-22-50(56)51-37-36-49(39-57(51)63)64(46-32-28-43(29-33-46)41-16-5-3-6-17-41)47-34-30-44(31-35-47)54-40-55-52-23-10-13-26-58(52)65(48-21-15-20-45(38-48)42-18-7-4-8-19-42)61(55)60-53-24-11-14-27-59(53)66-62(54)60/h1-48H;3-40H,1-2H3. The van der Waals surface area contributed by atoms with E-state index < -0.39 is 5.41 Å². The van der Waals surface area contributed by atoms with E-state index in [0.29, 0.717) is 0 Å². The van der Waals surface area contributed by atoms with Gasteiger partial charge in [0.2, 0.25) is 0 Å². The summed E-state index contributed by atoms with van der Waals surface area (Å²) in [5, 5.41) is 9.18. The van der Waals surface area contributed by atoms with E-state index in [9.17, 15) is 0 Å². The average Bonchev–Trinajstić information content (AvgIpc) is 1.52. The van der Waals surface area contributed by atoms with Crippen LogP contribution in [0.3, 0.4) is 0 Å². The molecule has 0 fully saturated rings. The van der Waals surface area contributed by atoms with Gasteiger partial charge in [-0.3, -0.25) is 0 Å². The van der Waals surface area contributed by atoms with Crippen LogP contribution in [0.5, 0.6) is 0 Å². The molecule has 6 nitrogen and oxygen atoms in total. The number of fused-ring (bicyclic) bond motifs is 20. The predicted octanol–water partition coefficient (Wildman–Crippen LogP) is 37.0. The summed E-state index contributed by atoms with van der Waals surface area (Å²) in [4.78, 5) is 4.81. The Morgan fingerprint density at radius 2 is 0.500 bits per heavy atom. The summed E-state index contributed by atoms with van der Waals surface area (Å²) in [6, 6.07) is 190. The fourth-order valence-corrected chi connectivity index (χ4v) is 23.3. The largest absolute Gasteiger partial charge is 0.455 e. The number of hydrogen-bond acceptors (Lipinski definition) is 4. The Balaban J connectivity index is 0.000000143. The molecule has 0 spiro atoms. The van der Waals surface area contributed by atoms with Gasteiger partial charge in [-0.05, 0) is 245 Å². The van der Waals surface area contributed by atoms with Crippen LogP contribution in [0.2, 0.25) is 0 Å². The molecule has 0 N–H and O–H groups in total. The third-order valence-corrected chi connectivity index (χ3v) is 29.8. The van der Waals surface area contributed by atoms with E-state index in [4.69, 9.17) is 8.83 Å². The van der Waals surface area contributed by atoms with Gasteiger partial charge in [0.15, 0.2) is 0 Å². The summed E-state index contributed by atoms with van der Waals surface area (Å²) in [6.45, 7) is 4.70. The molecule has 142 heavy (non-hydrogen) atoms. The van der Waals surface area contributed by atoms with Crippen LogP contribution in [0.25, 0.3) is 188 Å². The van der Waals surface area contributed by atoms with Gasteiger partial charge in [-0.25, -0.2) is 0 Å². The van der Waals surface area contributed by atoms with Crippen LogP contribution in [0.4, 0.5) is 34.1 Å². The quantitative estimate of drug-likeness (QED) is 0.0967. The second-order valence-corrected chi connectivity index (χ2v) is 38.0. The smallest absolute Gasteiger partial charge is 0.145 e. The molecule has 6 heteroatoms. The van der Waals surface area contributed by atoms with Crippen molar-refractivity contribution in [1.29, 1.82) is 0 Å². The van der Waals surface area contributed by atoms with Crippen molar-refractivity contribution in [1.82, 2.24) is 9.13 Å². The van der Waals surface area contributed by atoms with Gasteiger partial charge in [-0.2, -0.15) is 0 Å². The van der Waals surface area contributed by atoms with Crippen LogP contribution < -0.4 is 9.80 Å². The van der Waals surface area contributed by atoms with Gasteiger partial charge in [0, 0.05) is 94.4 Å². The van der Waals surface area contributed by atoms with Crippen molar-refractivity contribution >= 4 is 122 Å². The lowest BCUT2D eigenvalue weighted by molar-refractivity contribution is 0.660. The van der Waals surface area contributed by atoms with Crippen molar-refractivity contribution in [2.45, 2.75) is 24.7 Å². The van der Waals surface area contributed by atoms with E-state index in [-0.39, 0.29) is 5.41 Å². The highest BCUT2D eigenvalue weighted by Gasteiger charge is 2.47. The molecule has 0 saturated carbocycles. The minimum Gasteiger partial charge on any atom is -0.455 e. The molecule has 4 heterocycles. The number of para-hydroxylation sites is 4. The van der Waals surface area contributed by atoms with Crippen molar-refractivity contribution in [3.63, 3.8) is 0 Å². The molecule has 0 saturated heterocycles. The van der Waals surface area contributed by atoms with Gasteiger partial charge >= 0.3 is 0 Å². The molecule has 4 aromatic heterocycles. The molecule has 668 valence electrons. The maximum Gasteiger partial charge on any atom is 0.145 e. The number of hydrogen-bond donors (Lipinski definition) is 0. The minimum absolute atomic E-state index is 0.126. The van der Waals surface area contributed by atoms with Crippen molar-refractivity contribution < 1.29 is 8.83 Å². The van der Waals surface area contributed by atoms with Crippen LogP contribution in [0.1, 0.15) is 47.2 Å². The van der Waals surface area contributed by atoms with Gasteiger partial charge in [0.25, 0.3) is 0 Å². The molecule has 2 aliphatic rings. The fourth-order valence-electron chi connectivity index (χ4n) is 23.3. The van der Waals surface area contributed by atoms with Crippen molar-refractivity contribution in [2.24, 2.45) is 0 Å². The van der Waals surface area contributed by atoms with E-state index in [0.717, 1.165) is 134 Å². The van der Waals surface area contributed by atoms with Crippen molar-refractivity contribution in [3.8, 4) is 100 Å². The normalized spacial score (nSPS) is 12.7. The first-order valence-corrected chi connectivity index (χ1v) is 49.0. The lowest BCUT2D eigenvalue weighted by Crippen LogP contribution is -2.28. The average molecular weight is 1810 g/mol. The molecule has 28 rings (SSSR count). The van der Waals surface area contributed by atoms with E-state index in [2.05, 4.69) is 554 Å². The van der Waals surface area contributed by atoms with Gasteiger partial charge < -0.3 is 27.8 Å². The molecule has 0 aliphatic heterocycles. The Morgan fingerprint density at radius 1 is 0.197 bits per heavy atom. The summed E-state index contributed by atoms with van der Waals surface area (Å²) in [6.07, 6.45) is 0. The SMILES string of the molecule is CC1(C)c2ccccc2-c2ccc(N(c3ccc(-c4ccccc4)cc3)c3ccc(-c4cc5c6ccccc6n(-c6cccc(-c7ccccc7)c6)c5c5c4oc4ccccc45)cc3)cc21.c1ccc(-c2ccc(N(c3ccc(-c4cc5c6ccccc6n(-c6cccc(-c7ccccc7)c6)c5c5c4oc4ccccc45)cc3)c3ccc4c(c3)C(c3ccccc3)(c3ccccc3)c3ccccc3-4)cc2)cc1. The topological polar surface area (TPSA) is 42.6 Å². The van der Waals surface area contributed by atoms with Crippen LogP contribution in [-0.2, 0) is 10.8 Å². The third-order valence-electron chi connectivity index (χ3n) is 29.8. The second-order valence-electron chi connectivity index (χ2n) is 38.0. The zero-order valence-electron chi connectivity index (χ0n) is 78.3. The third kappa shape index (κ3) is 13.5. The zero-order valence-corrected chi connectivity index (χ0v) is 78.3. The Kier molecular flexibility index (Phi) is 19.8. The van der Waals surface area contributed by atoms with Gasteiger partial charge in [-0.15, -0.1) is 0 Å². The van der Waals surface area contributed by atoms with E-state index >= 15 is 0 Å². The molecule has 0 bridgehead atoms. The summed E-state index contributed by atoms with van der Waals surface area (Å²) < 4.78 is 18.9. The summed E-state index contributed by atoms with van der Waals surface area (Å²) >= 11 is 0. The first-order valence-electron chi connectivity index (χ1n) is 49.0.